The maximum Gasteiger partial charge on any atom is 0.259 e. The molecule has 146 valence electrons. The van der Waals surface area contributed by atoms with E-state index in [0.717, 1.165) is 30.9 Å². The van der Waals surface area contributed by atoms with Crippen LogP contribution in [0.5, 0.6) is 5.75 Å². The van der Waals surface area contributed by atoms with Gasteiger partial charge in [-0.2, -0.15) is 0 Å². The van der Waals surface area contributed by atoms with E-state index in [4.69, 9.17) is 9.47 Å². The van der Waals surface area contributed by atoms with Gasteiger partial charge in [0.1, 0.15) is 18.2 Å². The molecule has 1 N–H and O–H groups in total. The van der Waals surface area contributed by atoms with Crippen LogP contribution < -0.4 is 10.3 Å². The molecule has 2 aromatic carbocycles. The molecule has 2 unspecified atom stereocenters. The predicted octanol–water partition coefficient (Wildman–Crippen LogP) is 3.08. The molecule has 1 aliphatic rings. The van der Waals surface area contributed by atoms with Crippen LogP contribution in [0.4, 0.5) is 0 Å². The molecule has 6 nitrogen and oxygen atoms in total. The summed E-state index contributed by atoms with van der Waals surface area (Å²) < 4.78 is 11.7. The summed E-state index contributed by atoms with van der Waals surface area (Å²) in [5.74, 6) is 1.31. The van der Waals surface area contributed by atoms with Gasteiger partial charge in [0.25, 0.3) is 5.56 Å². The topological polar surface area (TPSA) is 67.5 Å². The number of aromatic amines is 1. The van der Waals surface area contributed by atoms with Crippen molar-refractivity contribution in [3.8, 4) is 17.1 Å². The SMILES string of the molecule is CC1CN(CCOc2cccc(-c3nc4ccccc4c(=O)[nH]3)c2)CC(C)O1. The Labute approximate surface area is 164 Å². The highest BCUT2D eigenvalue weighted by atomic mass is 16.5. The first-order valence-electron chi connectivity index (χ1n) is 9.68. The molecule has 1 fully saturated rings. The van der Waals surface area contributed by atoms with Crippen molar-refractivity contribution in [2.45, 2.75) is 26.1 Å². The Bertz CT molecular complexity index is 1010. The molecule has 0 spiro atoms. The highest BCUT2D eigenvalue weighted by molar-refractivity contribution is 5.79. The molecule has 1 aromatic heterocycles. The number of ether oxygens (including phenoxy) is 2. The van der Waals surface area contributed by atoms with Crippen LogP contribution in [0.15, 0.2) is 53.3 Å². The van der Waals surface area contributed by atoms with Gasteiger partial charge >= 0.3 is 0 Å². The summed E-state index contributed by atoms with van der Waals surface area (Å²) >= 11 is 0. The zero-order valence-corrected chi connectivity index (χ0v) is 16.2. The van der Waals surface area contributed by atoms with E-state index < -0.39 is 0 Å². The van der Waals surface area contributed by atoms with Gasteiger partial charge in [-0.05, 0) is 38.1 Å². The smallest absolute Gasteiger partial charge is 0.259 e. The molecule has 1 saturated heterocycles. The van der Waals surface area contributed by atoms with Gasteiger partial charge in [0.05, 0.1) is 23.1 Å². The van der Waals surface area contributed by atoms with Crippen molar-refractivity contribution in [2.24, 2.45) is 0 Å². The van der Waals surface area contributed by atoms with Crippen molar-refractivity contribution in [1.29, 1.82) is 0 Å². The van der Waals surface area contributed by atoms with Gasteiger partial charge in [0.15, 0.2) is 0 Å². The van der Waals surface area contributed by atoms with Crippen molar-refractivity contribution in [1.82, 2.24) is 14.9 Å². The molecule has 0 aliphatic carbocycles. The van der Waals surface area contributed by atoms with E-state index in [1.54, 1.807) is 6.07 Å². The molecule has 28 heavy (non-hydrogen) atoms. The van der Waals surface area contributed by atoms with Gasteiger partial charge in [-0.3, -0.25) is 9.69 Å². The number of H-pyrrole nitrogens is 1. The number of nitrogens with one attached hydrogen (secondary N) is 1. The molecule has 0 amide bonds. The lowest BCUT2D eigenvalue weighted by atomic mass is 10.2. The standard InChI is InChI=1S/C22H25N3O3/c1-15-13-25(14-16(2)28-15)10-11-27-18-7-5-6-17(12-18)21-23-20-9-4-3-8-19(20)22(26)24-21/h3-9,12,15-16H,10-11,13-14H2,1-2H3,(H,23,24,26). The fraction of sp³-hybridized carbons (Fsp3) is 0.364. The largest absolute Gasteiger partial charge is 0.492 e. The highest BCUT2D eigenvalue weighted by Crippen LogP contribution is 2.21. The van der Waals surface area contributed by atoms with Crippen molar-refractivity contribution < 1.29 is 9.47 Å². The number of nitrogens with zero attached hydrogens (tertiary/aromatic N) is 2. The summed E-state index contributed by atoms with van der Waals surface area (Å²) in [5.41, 5.74) is 1.37. The van der Waals surface area contributed by atoms with Gasteiger partial charge in [-0.15, -0.1) is 0 Å². The molecule has 6 heteroatoms. The molecule has 0 bridgehead atoms. The van der Waals surface area contributed by atoms with Gasteiger partial charge in [0, 0.05) is 25.2 Å². The highest BCUT2D eigenvalue weighted by Gasteiger charge is 2.21. The molecule has 1 aliphatic heterocycles. The Morgan fingerprint density at radius 3 is 2.75 bits per heavy atom. The minimum Gasteiger partial charge on any atom is -0.492 e. The Kier molecular flexibility index (Phi) is 5.41. The van der Waals surface area contributed by atoms with Crippen LogP contribution in [-0.4, -0.2) is 53.3 Å². The number of rotatable bonds is 5. The normalized spacial score (nSPS) is 20.4. The molecule has 3 aromatic rings. The van der Waals surface area contributed by atoms with E-state index in [0.29, 0.717) is 23.3 Å². The van der Waals surface area contributed by atoms with Crippen LogP contribution in [0.2, 0.25) is 0 Å². The maximum atomic E-state index is 12.3. The second-order valence-corrected chi connectivity index (χ2v) is 7.32. The fourth-order valence-electron chi connectivity index (χ4n) is 3.72. The van der Waals surface area contributed by atoms with E-state index in [1.165, 1.54) is 0 Å². The second-order valence-electron chi connectivity index (χ2n) is 7.32. The minimum absolute atomic E-state index is 0.137. The Hall–Kier alpha value is -2.70. The number of benzene rings is 2. The Balaban J connectivity index is 1.45. The zero-order chi connectivity index (χ0) is 19.5. The van der Waals surface area contributed by atoms with Crippen molar-refractivity contribution in [3.05, 3.63) is 58.9 Å². The first-order chi connectivity index (χ1) is 13.6. The number of morpholine rings is 1. The van der Waals surface area contributed by atoms with E-state index >= 15 is 0 Å². The Morgan fingerprint density at radius 2 is 1.93 bits per heavy atom. The monoisotopic (exact) mass is 379 g/mol. The van der Waals surface area contributed by atoms with Gasteiger partial charge < -0.3 is 14.5 Å². The van der Waals surface area contributed by atoms with Crippen LogP contribution in [-0.2, 0) is 4.74 Å². The third-order valence-electron chi connectivity index (χ3n) is 4.89. The molecular weight excluding hydrogens is 354 g/mol. The first kappa shape index (κ1) is 18.7. The number of aromatic nitrogens is 2. The zero-order valence-electron chi connectivity index (χ0n) is 16.2. The number of hydrogen-bond acceptors (Lipinski definition) is 5. The average Bonchev–Trinajstić information content (AvgIpc) is 2.67. The van der Waals surface area contributed by atoms with Crippen LogP contribution in [0.1, 0.15) is 13.8 Å². The summed E-state index contributed by atoms with van der Waals surface area (Å²) in [6, 6.07) is 15.0. The lowest BCUT2D eigenvalue weighted by molar-refractivity contribution is -0.0699. The van der Waals surface area contributed by atoms with Gasteiger partial charge in [0.2, 0.25) is 0 Å². The van der Waals surface area contributed by atoms with E-state index in [-0.39, 0.29) is 17.8 Å². The lowest BCUT2D eigenvalue weighted by Gasteiger charge is -2.35. The van der Waals surface area contributed by atoms with E-state index in [9.17, 15) is 4.79 Å². The summed E-state index contributed by atoms with van der Waals surface area (Å²) in [6.45, 7) is 7.51. The first-order valence-corrected chi connectivity index (χ1v) is 9.68. The fourth-order valence-corrected chi connectivity index (χ4v) is 3.72. The number of fused-ring (bicyclic) bond motifs is 1. The third kappa shape index (κ3) is 4.24. The molecule has 2 atom stereocenters. The predicted molar refractivity (Wildman–Crippen MR) is 110 cm³/mol. The number of para-hydroxylation sites is 1. The van der Waals surface area contributed by atoms with Crippen LogP contribution in [0, 0.1) is 0 Å². The molecule has 2 heterocycles. The van der Waals surface area contributed by atoms with E-state index in [1.807, 2.05) is 42.5 Å². The van der Waals surface area contributed by atoms with Crippen molar-refractivity contribution in [3.63, 3.8) is 0 Å². The Morgan fingerprint density at radius 1 is 1.14 bits per heavy atom. The third-order valence-corrected chi connectivity index (χ3v) is 4.89. The maximum absolute atomic E-state index is 12.3. The van der Waals surface area contributed by atoms with Crippen molar-refractivity contribution >= 4 is 10.9 Å². The quantitative estimate of drug-likeness (QED) is 0.738. The number of hydrogen-bond donors (Lipinski definition) is 1. The van der Waals surface area contributed by atoms with E-state index in [2.05, 4.69) is 28.7 Å². The lowest BCUT2D eigenvalue weighted by Crippen LogP contribution is -2.46. The summed E-state index contributed by atoms with van der Waals surface area (Å²) in [6.07, 6.45) is 0.505. The van der Waals surface area contributed by atoms with Gasteiger partial charge in [-0.25, -0.2) is 4.98 Å². The summed E-state index contributed by atoms with van der Waals surface area (Å²) in [5, 5.41) is 0.590. The van der Waals surface area contributed by atoms with Crippen LogP contribution in [0.3, 0.4) is 0 Å². The average molecular weight is 379 g/mol. The molecule has 0 saturated carbocycles. The van der Waals surface area contributed by atoms with Crippen molar-refractivity contribution in [2.75, 3.05) is 26.2 Å². The van der Waals surface area contributed by atoms with Gasteiger partial charge in [-0.1, -0.05) is 24.3 Å². The molecule has 0 radical (unpaired) electrons. The minimum atomic E-state index is -0.137. The summed E-state index contributed by atoms with van der Waals surface area (Å²) in [7, 11) is 0. The summed E-state index contributed by atoms with van der Waals surface area (Å²) in [4.78, 5) is 22.1. The molecular formula is C22H25N3O3. The van der Waals surface area contributed by atoms with Crippen LogP contribution >= 0.6 is 0 Å². The molecule has 4 rings (SSSR count). The second kappa shape index (κ2) is 8.12. The van der Waals surface area contributed by atoms with Crippen LogP contribution in [0.25, 0.3) is 22.3 Å².